The molecule has 0 aliphatic carbocycles. The summed E-state index contributed by atoms with van der Waals surface area (Å²) in [5.74, 6) is 1.05. The number of aromatic nitrogens is 4. The Morgan fingerprint density at radius 1 is 1.18 bits per heavy atom. The quantitative estimate of drug-likeness (QED) is 0.351. The van der Waals surface area contributed by atoms with Crippen LogP contribution >= 0.6 is 11.8 Å². The monoisotopic (exact) mass is 398 g/mol. The zero-order valence-electron chi connectivity index (χ0n) is 15.3. The molecule has 3 aromatic rings. The number of carbonyl (C=O) groups excluding carboxylic acids is 1. The molecule has 2 aromatic carbocycles. The van der Waals surface area contributed by atoms with Gasteiger partial charge in [0.05, 0.1) is 31.9 Å². The number of rotatable bonds is 8. The third-order valence-corrected chi connectivity index (χ3v) is 4.50. The van der Waals surface area contributed by atoms with Crippen LogP contribution in [0.2, 0.25) is 0 Å². The van der Waals surface area contributed by atoms with Gasteiger partial charge in [-0.05, 0) is 46.3 Å². The van der Waals surface area contributed by atoms with Crippen LogP contribution in [0, 0.1) is 0 Å². The van der Waals surface area contributed by atoms with E-state index >= 15 is 0 Å². The second-order valence-electron chi connectivity index (χ2n) is 5.41. The molecule has 0 saturated heterocycles. The number of methoxy groups -OCH3 is 2. The third kappa shape index (κ3) is 4.86. The van der Waals surface area contributed by atoms with Gasteiger partial charge in [0.15, 0.2) is 11.5 Å². The number of ether oxygens (including phenoxy) is 2. The number of nitrogens with one attached hydrogen (secondary N) is 1. The number of thioether (sulfide) groups is 1. The fourth-order valence-corrected chi connectivity index (χ4v) is 2.96. The SMILES string of the molecule is COc1ccc(/C=N/NC(=O)CSc2nnnn2-c2ccccc2)cc1OC. The summed E-state index contributed by atoms with van der Waals surface area (Å²) in [6.45, 7) is 0. The molecule has 144 valence electrons. The van der Waals surface area contributed by atoms with Crippen LogP contribution < -0.4 is 14.9 Å². The number of hydrogen-bond acceptors (Lipinski definition) is 8. The Morgan fingerprint density at radius 3 is 2.71 bits per heavy atom. The zero-order valence-corrected chi connectivity index (χ0v) is 16.1. The molecular formula is C18H18N6O3S. The van der Waals surface area contributed by atoms with Gasteiger partial charge in [-0.3, -0.25) is 4.79 Å². The lowest BCUT2D eigenvalue weighted by Crippen LogP contribution is -2.20. The summed E-state index contributed by atoms with van der Waals surface area (Å²) >= 11 is 1.22. The molecule has 0 saturated carbocycles. The second kappa shape index (κ2) is 9.51. The molecule has 1 aromatic heterocycles. The molecule has 3 rings (SSSR count). The molecular weight excluding hydrogens is 380 g/mol. The Hall–Kier alpha value is -3.40. The second-order valence-corrected chi connectivity index (χ2v) is 6.35. The number of benzene rings is 2. The van der Waals surface area contributed by atoms with E-state index in [0.717, 1.165) is 11.3 Å². The van der Waals surface area contributed by atoms with Crippen LogP contribution in [-0.4, -0.2) is 52.3 Å². The average molecular weight is 398 g/mol. The molecule has 1 amide bonds. The van der Waals surface area contributed by atoms with E-state index in [4.69, 9.17) is 9.47 Å². The lowest BCUT2D eigenvalue weighted by Gasteiger charge is -2.07. The first-order valence-electron chi connectivity index (χ1n) is 8.22. The molecule has 9 nitrogen and oxygen atoms in total. The normalized spacial score (nSPS) is 10.8. The molecule has 28 heavy (non-hydrogen) atoms. The van der Waals surface area contributed by atoms with Crippen molar-refractivity contribution in [1.82, 2.24) is 25.6 Å². The Morgan fingerprint density at radius 2 is 1.96 bits per heavy atom. The van der Waals surface area contributed by atoms with Gasteiger partial charge in [-0.25, -0.2) is 5.43 Å². The van der Waals surface area contributed by atoms with E-state index in [-0.39, 0.29) is 11.7 Å². The van der Waals surface area contributed by atoms with Gasteiger partial charge < -0.3 is 9.47 Å². The molecule has 0 fully saturated rings. The largest absolute Gasteiger partial charge is 0.493 e. The molecule has 0 atom stereocenters. The van der Waals surface area contributed by atoms with Gasteiger partial charge in [0.25, 0.3) is 5.91 Å². The lowest BCUT2D eigenvalue weighted by atomic mass is 10.2. The van der Waals surface area contributed by atoms with Crippen molar-refractivity contribution in [1.29, 1.82) is 0 Å². The Balaban J connectivity index is 1.55. The van der Waals surface area contributed by atoms with Gasteiger partial charge in [0.2, 0.25) is 5.16 Å². The third-order valence-electron chi connectivity index (χ3n) is 3.58. The van der Waals surface area contributed by atoms with Crippen molar-refractivity contribution in [2.24, 2.45) is 5.10 Å². The minimum Gasteiger partial charge on any atom is -0.493 e. The predicted molar refractivity (Wildman–Crippen MR) is 105 cm³/mol. The van der Waals surface area contributed by atoms with Crippen molar-refractivity contribution in [2.75, 3.05) is 20.0 Å². The van der Waals surface area contributed by atoms with Gasteiger partial charge in [0, 0.05) is 0 Å². The van der Waals surface area contributed by atoms with Gasteiger partial charge in [-0.15, -0.1) is 5.10 Å². The summed E-state index contributed by atoms with van der Waals surface area (Å²) in [6, 6.07) is 14.8. The van der Waals surface area contributed by atoms with Gasteiger partial charge in [-0.1, -0.05) is 30.0 Å². The molecule has 0 unspecified atom stereocenters. The molecule has 1 heterocycles. The van der Waals surface area contributed by atoms with E-state index in [2.05, 4.69) is 26.1 Å². The van der Waals surface area contributed by atoms with E-state index in [1.54, 1.807) is 37.1 Å². The standard InChI is InChI=1S/C18H18N6O3S/c1-26-15-9-8-13(10-16(15)27-2)11-19-20-17(25)12-28-18-21-22-23-24(18)14-6-4-3-5-7-14/h3-11H,12H2,1-2H3,(H,20,25)/b19-11+. The Bertz CT molecular complexity index is 961. The molecule has 0 bridgehead atoms. The number of hydrogen-bond donors (Lipinski definition) is 1. The average Bonchev–Trinajstić information content (AvgIpc) is 3.21. The van der Waals surface area contributed by atoms with E-state index in [1.165, 1.54) is 18.0 Å². The summed E-state index contributed by atoms with van der Waals surface area (Å²) in [4.78, 5) is 12.0. The summed E-state index contributed by atoms with van der Waals surface area (Å²) in [6.07, 6.45) is 1.53. The highest BCUT2D eigenvalue weighted by molar-refractivity contribution is 7.99. The maximum Gasteiger partial charge on any atom is 0.250 e. The highest BCUT2D eigenvalue weighted by Crippen LogP contribution is 2.26. The first-order chi connectivity index (χ1) is 13.7. The molecule has 0 spiro atoms. The summed E-state index contributed by atoms with van der Waals surface area (Å²) in [5.41, 5.74) is 4.06. The summed E-state index contributed by atoms with van der Waals surface area (Å²) in [5, 5.41) is 16.0. The molecule has 0 aliphatic rings. The topological polar surface area (TPSA) is 104 Å². The number of hydrazone groups is 1. The molecule has 0 radical (unpaired) electrons. The highest BCUT2D eigenvalue weighted by atomic mass is 32.2. The maximum absolute atomic E-state index is 12.0. The van der Waals surface area contributed by atoms with Crippen molar-refractivity contribution >= 4 is 23.9 Å². The molecule has 1 N–H and O–H groups in total. The van der Waals surface area contributed by atoms with E-state index in [0.29, 0.717) is 16.7 Å². The van der Waals surface area contributed by atoms with Gasteiger partial charge >= 0.3 is 0 Å². The zero-order chi connectivity index (χ0) is 19.8. The fourth-order valence-electron chi connectivity index (χ4n) is 2.27. The number of amides is 1. The minimum atomic E-state index is -0.274. The van der Waals surface area contributed by atoms with Crippen LogP contribution in [-0.2, 0) is 4.79 Å². The van der Waals surface area contributed by atoms with Gasteiger partial charge in [0.1, 0.15) is 0 Å². The molecule has 10 heteroatoms. The molecule has 0 aliphatic heterocycles. The Labute approximate surface area is 165 Å². The van der Waals surface area contributed by atoms with Crippen LogP contribution in [0.25, 0.3) is 5.69 Å². The fraction of sp³-hybridized carbons (Fsp3) is 0.167. The van der Waals surface area contributed by atoms with Crippen molar-refractivity contribution in [3.05, 3.63) is 54.1 Å². The lowest BCUT2D eigenvalue weighted by molar-refractivity contribution is -0.118. The van der Waals surface area contributed by atoms with Crippen LogP contribution in [0.3, 0.4) is 0 Å². The number of tetrazole rings is 1. The van der Waals surface area contributed by atoms with E-state index in [1.807, 2.05) is 30.3 Å². The van der Waals surface area contributed by atoms with Crippen molar-refractivity contribution < 1.29 is 14.3 Å². The number of carbonyl (C=O) groups is 1. The maximum atomic E-state index is 12.0. The van der Waals surface area contributed by atoms with Crippen molar-refractivity contribution in [3.8, 4) is 17.2 Å². The van der Waals surface area contributed by atoms with Crippen LogP contribution in [0.5, 0.6) is 11.5 Å². The predicted octanol–water partition coefficient (Wildman–Crippen LogP) is 1.92. The van der Waals surface area contributed by atoms with E-state index in [9.17, 15) is 4.79 Å². The van der Waals surface area contributed by atoms with Crippen molar-refractivity contribution in [2.45, 2.75) is 5.16 Å². The minimum absolute atomic E-state index is 0.122. The smallest absolute Gasteiger partial charge is 0.250 e. The number of para-hydroxylation sites is 1. The van der Waals surface area contributed by atoms with Crippen LogP contribution in [0.4, 0.5) is 0 Å². The number of nitrogens with zero attached hydrogens (tertiary/aromatic N) is 5. The summed E-state index contributed by atoms with van der Waals surface area (Å²) < 4.78 is 12.0. The highest BCUT2D eigenvalue weighted by Gasteiger charge is 2.11. The Kier molecular flexibility index (Phi) is 6.58. The van der Waals surface area contributed by atoms with Crippen molar-refractivity contribution in [3.63, 3.8) is 0 Å². The van der Waals surface area contributed by atoms with Gasteiger partial charge in [-0.2, -0.15) is 9.78 Å². The first-order valence-corrected chi connectivity index (χ1v) is 9.20. The van der Waals surface area contributed by atoms with E-state index < -0.39 is 0 Å². The van der Waals surface area contributed by atoms with Crippen LogP contribution in [0.1, 0.15) is 5.56 Å². The summed E-state index contributed by atoms with van der Waals surface area (Å²) in [7, 11) is 3.12. The van der Waals surface area contributed by atoms with Crippen LogP contribution in [0.15, 0.2) is 58.8 Å². The first kappa shape index (κ1) is 19.4.